The van der Waals surface area contributed by atoms with Crippen molar-refractivity contribution in [2.45, 2.75) is 12.0 Å². The third-order valence-electron chi connectivity index (χ3n) is 6.15. The highest BCUT2D eigenvalue weighted by Crippen LogP contribution is 2.55. The molecule has 0 saturated carbocycles. The van der Waals surface area contributed by atoms with Gasteiger partial charge in [0.15, 0.2) is 22.7 Å². The lowest BCUT2D eigenvalue weighted by Crippen LogP contribution is -2.42. The number of anilines is 1. The molecule has 3 aliphatic rings. The second kappa shape index (κ2) is 5.75. The van der Waals surface area contributed by atoms with Gasteiger partial charge >= 0.3 is 0 Å². The van der Waals surface area contributed by atoms with Crippen LogP contribution in [0.2, 0.25) is 0 Å². The van der Waals surface area contributed by atoms with Crippen molar-refractivity contribution in [2.75, 3.05) is 18.3 Å². The van der Waals surface area contributed by atoms with Crippen LogP contribution < -0.4 is 19.1 Å². The second-order valence-corrected chi connectivity index (χ2v) is 7.74. The Kier molecular flexibility index (Phi) is 3.10. The first-order chi connectivity index (χ1) is 15.2. The number of pyridine rings is 1. The van der Waals surface area contributed by atoms with Crippen molar-refractivity contribution in [3.8, 4) is 17.2 Å². The van der Waals surface area contributed by atoms with Gasteiger partial charge in [-0.15, -0.1) is 0 Å². The quantitative estimate of drug-likeness (QED) is 0.499. The molecule has 0 bridgehead atoms. The van der Waals surface area contributed by atoms with Gasteiger partial charge in [-0.1, -0.05) is 18.2 Å². The molecule has 1 atom stereocenters. The minimum atomic E-state index is -0.947. The van der Waals surface area contributed by atoms with Gasteiger partial charge in [-0.25, -0.2) is 4.98 Å². The Bertz CT molecular complexity index is 1360. The molecule has 0 radical (unpaired) electrons. The Balaban J connectivity index is 1.37. The molecule has 1 amide bonds. The molecule has 8 nitrogen and oxygen atoms in total. The van der Waals surface area contributed by atoms with Crippen LogP contribution in [0.5, 0.6) is 17.2 Å². The number of aromatic nitrogens is 2. The van der Waals surface area contributed by atoms with Crippen LogP contribution in [0.3, 0.4) is 0 Å². The highest BCUT2D eigenvalue weighted by atomic mass is 16.7. The normalized spacial score (nSPS) is 20.4. The number of fused-ring (bicyclic) bond motifs is 6. The number of nitrogens with zero attached hydrogens (tertiary/aromatic N) is 3. The second-order valence-electron chi connectivity index (χ2n) is 7.74. The highest BCUT2D eigenvalue weighted by Gasteiger charge is 2.57. The molecule has 2 aromatic heterocycles. The molecule has 8 heteroatoms. The summed E-state index contributed by atoms with van der Waals surface area (Å²) in [6.45, 7) is 0.578. The molecule has 1 unspecified atom stereocenters. The minimum Gasteiger partial charge on any atom is -0.491 e. The number of hydrogen-bond acceptors (Lipinski definition) is 7. The zero-order valence-corrected chi connectivity index (χ0v) is 16.2. The molecule has 152 valence electrons. The first-order valence-corrected chi connectivity index (χ1v) is 9.93. The van der Waals surface area contributed by atoms with Gasteiger partial charge in [0.2, 0.25) is 18.6 Å². The van der Waals surface area contributed by atoms with Crippen molar-refractivity contribution in [3.05, 3.63) is 71.7 Å². The molecule has 31 heavy (non-hydrogen) atoms. The van der Waals surface area contributed by atoms with Crippen molar-refractivity contribution in [1.29, 1.82) is 0 Å². The summed E-state index contributed by atoms with van der Waals surface area (Å²) < 4.78 is 22.9. The topological polar surface area (TPSA) is 86.9 Å². The van der Waals surface area contributed by atoms with Crippen LogP contribution in [0.1, 0.15) is 17.0 Å². The number of oxazole rings is 1. The molecule has 1 spiro atoms. The van der Waals surface area contributed by atoms with Crippen LogP contribution >= 0.6 is 0 Å². The Morgan fingerprint density at radius 2 is 1.84 bits per heavy atom. The van der Waals surface area contributed by atoms with Crippen LogP contribution in [0, 0.1) is 0 Å². The summed E-state index contributed by atoms with van der Waals surface area (Å²) in [5.74, 6) is 2.24. The summed E-state index contributed by atoms with van der Waals surface area (Å²) in [4.78, 5) is 24.3. The molecule has 0 aliphatic carbocycles. The van der Waals surface area contributed by atoms with Crippen LogP contribution in [0.25, 0.3) is 11.2 Å². The number of hydrogen-bond donors (Lipinski definition) is 0. The first kappa shape index (κ1) is 16.7. The van der Waals surface area contributed by atoms with Gasteiger partial charge in [-0.05, 0) is 29.8 Å². The lowest BCUT2D eigenvalue weighted by Gasteiger charge is -2.22. The Morgan fingerprint density at radius 3 is 2.74 bits per heavy atom. The van der Waals surface area contributed by atoms with E-state index in [1.807, 2.05) is 36.4 Å². The largest absolute Gasteiger partial charge is 0.491 e. The first-order valence-electron chi connectivity index (χ1n) is 9.93. The molecule has 0 N–H and O–H groups in total. The van der Waals surface area contributed by atoms with Crippen molar-refractivity contribution in [2.24, 2.45) is 0 Å². The number of benzene rings is 2. The van der Waals surface area contributed by atoms with Gasteiger partial charge < -0.3 is 23.5 Å². The predicted octanol–water partition coefficient (Wildman–Crippen LogP) is 3.18. The van der Waals surface area contributed by atoms with E-state index in [0.29, 0.717) is 34.4 Å². The molecule has 0 saturated heterocycles. The van der Waals surface area contributed by atoms with Gasteiger partial charge in [-0.3, -0.25) is 4.79 Å². The van der Waals surface area contributed by atoms with Crippen LogP contribution in [-0.2, 0) is 16.8 Å². The smallest absolute Gasteiger partial charge is 0.246 e. The minimum absolute atomic E-state index is 0.0819. The average Bonchev–Trinajstić information content (AvgIpc) is 3.55. The van der Waals surface area contributed by atoms with E-state index in [9.17, 15) is 4.79 Å². The van der Waals surface area contributed by atoms with E-state index in [1.165, 1.54) is 0 Å². The van der Waals surface area contributed by atoms with E-state index < -0.39 is 5.41 Å². The van der Waals surface area contributed by atoms with Gasteiger partial charge in [0.05, 0.1) is 0 Å². The van der Waals surface area contributed by atoms with Crippen LogP contribution in [0.4, 0.5) is 5.69 Å². The number of ether oxygens (including phenoxy) is 3. The average molecular weight is 413 g/mol. The van der Waals surface area contributed by atoms with E-state index in [1.54, 1.807) is 23.2 Å². The zero-order chi connectivity index (χ0) is 20.6. The van der Waals surface area contributed by atoms with Crippen molar-refractivity contribution >= 4 is 22.8 Å². The van der Waals surface area contributed by atoms with Crippen LogP contribution in [-0.4, -0.2) is 29.3 Å². The van der Waals surface area contributed by atoms with Gasteiger partial charge in [0.1, 0.15) is 24.3 Å². The van der Waals surface area contributed by atoms with Crippen molar-refractivity contribution in [1.82, 2.24) is 9.97 Å². The summed E-state index contributed by atoms with van der Waals surface area (Å²) in [5, 5.41) is 0. The van der Waals surface area contributed by atoms with Crippen molar-refractivity contribution in [3.63, 3.8) is 0 Å². The number of rotatable bonds is 2. The Labute approximate surface area is 176 Å². The lowest BCUT2D eigenvalue weighted by atomic mass is 9.77. The standard InChI is InChI=1S/C23H15N3O5/c27-22-23(11-28-17-9-19-18(8-14(17)23)29-12-30-19)13-4-1-2-5-15(13)26(22)10-20-25-21-16(31-20)6-3-7-24-21/h1-9H,10-12H2. The number of para-hydroxylation sites is 1. The van der Waals surface area contributed by atoms with E-state index >= 15 is 0 Å². The van der Waals surface area contributed by atoms with E-state index in [-0.39, 0.29) is 25.9 Å². The SMILES string of the molecule is O=C1N(Cc2nc3ncccc3o2)c2ccccc2C12COc1cc3c(cc12)OCO3. The molecule has 2 aromatic carbocycles. The molecule has 3 aliphatic heterocycles. The third kappa shape index (κ3) is 2.11. The maximum absolute atomic E-state index is 14.0. The van der Waals surface area contributed by atoms with E-state index in [4.69, 9.17) is 18.6 Å². The zero-order valence-electron chi connectivity index (χ0n) is 16.2. The maximum atomic E-state index is 14.0. The highest BCUT2D eigenvalue weighted by molar-refractivity contribution is 6.11. The Morgan fingerprint density at radius 1 is 0.968 bits per heavy atom. The molecule has 0 fully saturated rings. The summed E-state index contributed by atoms with van der Waals surface area (Å²) in [5.41, 5.74) is 2.67. The fourth-order valence-corrected chi connectivity index (χ4v) is 4.74. The fourth-order valence-electron chi connectivity index (χ4n) is 4.74. The number of carbonyl (C=O) groups is 1. The lowest BCUT2D eigenvalue weighted by molar-refractivity contribution is -0.122. The monoisotopic (exact) mass is 413 g/mol. The Hall–Kier alpha value is -4.07. The number of carbonyl (C=O) groups excluding carboxylic acids is 1. The third-order valence-corrected chi connectivity index (χ3v) is 6.15. The molecular formula is C23H15N3O5. The van der Waals surface area contributed by atoms with Crippen LogP contribution in [0.15, 0.2) is 59.1 Å². The van der Waals surface area contributed by atoms with Gasteiger partial charge in [0, 0.05) is 23.5 Å². The summed E-state index contributed by atoms with van der Waals surface area (Å²) >= 11 is 0. The molecule has 7 rings (SSSR count). The molecule has 4 aromatic rings. The molecular weight excluding hydrogens is 398 g/mol. The summed E-state index contributed by atoms with van der Waals surface area (Å²) in [6, 6.07) is 15.0. The van der Waals surface area contributed by atoms with E-state index in [2.05, 4.69) is 9.97 Å². The summed E-state index contributed by atoms with van der Waals surface area (Å²) in [6.07, 6.45) is 1.66. The predicted molar refractivity (Wildman–Crippen MR) is 108 cm³/mol. The van der Waals surface area contributed by atoms with Gasteiger partial charge in [0.25, 0.3) is 0 Å². The fraction of sp³-hybridized carbons (Fsp3) is 0.174. The summed E-state index contributed by atoms with van der Waals surface area (Å²) in [7, 11) is 0. The maximum Gasteiger partial charge on any atom is 0.246 e. The molecule has 5 heterocycles. The number of amides is 1. The van der Waals surface area contributed by atoms with Gasteiger partial charge in [-0.2, -0.15) is 4.98 Å². The van der Waals surface area contributed by atoms with E-state index in [0.717, 1.165) is 16.8 Å². The van der Waals surface area contributed by atoms with Crippen molar-refractivity contribution < 1.29 is 23.4 Å².